The Hall–Kier alpha value is -2.62. The van der Waals surface area contributed by atoms with E-state index in [-0.39, 0.29) is 23.8 Å². The molecule has 10 heteroatoms. The first-order valence-corrected chi connectivity index (χ1v) is 8.92. The van der Waals surface area contributed by atoms with E-state index < -0.39 is 17.3 Å². The highest BCUT2D eigenvalue weighted by atomic mass is 32.1. The van der Waals surface area contributed by atoms with Gasteiger partial charge in [0.2, 0.25) is 11.0 Å². The molecule has 0 saturated heterocycles. The van der Waals surface area contributed by atoms with Crippen molar-refractivity contribution in [1.29, 1.82) is 0 Å². The van der Waals surface area contributed by atoms with Gasteiger partial charge in [0.05, 0.1) is 11.0 Å². The van der Waals surface area contributed by atoms with Crippen molar-refractivity contribution in [2.45, 2.75) is 39.3 Å². The first-order chi connectivity index (χ1) is 12.5. The smallest absolute Gasteiger partial charge is 0.300 e. The summed E-state index contributed by atoms with van der Waals surface area (Å²) in [6, 6.07) is 7.40. The number of anilines is 1. The number of benzene rings is 1. The van der Waals surface area contributed by atoms with Crippen LogP contribution in [-0.2, 0) is 17.9 Å². The number of alkyl halides is 2. The van der Waals surface area contributed by atoms with E-state index in [9.17, 15) is 18.4 Å². The lowest BCUT2D eigenvalue weighted by Crippen LogP contribution is -2.26. The van der Waals surface area contributed by atoms with Crippen molar-refractivity contribution in [1.82, 2.24) is 19.3 Å². The van der Waals surface area contributed by atoms with Gasteiger partial charge in [0.25, 0.3) is 6.43 Å². The Bertz CT molecular complexity index is 979. The SMILES string of the molecule is CCCn1c(=O)n(CCC(=O)Nc2nnc(C(F)F)s2)c2ccccc21. The quantitative estimate of drug-likeness (QED) is 0.682. The topological polar surface area (TPSA) is 81.8 Å². The first kappa shape index (κ1) is 18.2. The number of nitrogens with zero attached hydrogens (tertiary/aromatic N) is 4. The van der Waals surface area contributed by atoms with Crippen LogP contribution in [0.1, 0.15) is 31.2 Å². The molecule has 1 N–H and O–H groups in total. The minimum Gasteiger partial charge on any atom is -0.300 e. The van der Waals surface area contributed by atoms with Crippen LogP contribution in [0.4, 0.5) is 13.9 Å². The maximum Gasteiger partial charge on any atom is 0.329 e. The Kier molecular flexibility index (Phi) is 5.40. The number of imidazole rings is 1. The molecule has 0 aliphatic rings. The van der Waals surface area contributed by atoms with E-state index in [4.69, 9.17) is 0 Å². The minimum absolute atomic E-state index is 0.0175. The summed E-state index contributed by atoms with van der Waals surface area (Å²) in [7, 11) is 0. The Balaban J connectivity index is 1.74. The van der Waals surface area contributed by atoms with Crippen molar-refractivity contribution >= 4 is 33.4 Å². The summed E-state index contributed by atoms with van der Waals surface area (Å²) in [6.45, 7) is 2.77. The average Bonchev–Trinajstić information content (AvgIpc) is 3.18. The van der Waals surface area contributed by atoms with Crippen molar-refractivity contribution in [2.24, 2.45) is 0 Å². The Labute approximate surface area is 151 Å². The van der Waals surface area contributed by atoms with Crippen LogP contribution in [0.5, 0.6) is 0 Å². The number of amides is 1. The zero-order valence-electron chi connectivity index (χ0n) is 14.0. The molecule has 0 aliphatic carbocycles. The van der Waals surface area contributed by atoms with Gasteiger partial charge in [-0.3, -0.25) is 13.9 Å². The van der Waals surface area contributed by atoms with E-state index in [0.29, 0.717) is 17.9 Å². The van der Waals surface area contributed by atoms with Crippen LogP contribution in [0.25, 0.3) is 11.0 Å². The van der Waals surface area contributed by atoms with Crippen molar-refractivity contribution < 1.29 is 13.6 Å². The lowest BCUT2D eigenvalue weighted by Gasteiger charge is -2.03. The third-order valence-electron chi connectivity index (χ3n) is 3.81. The number of nitrogens with one attached hydrogen (secondary N) is 1. The number of carbonyl (C=O) groups is 1. The van der Waals surface area contributed by atoms with Gasteiger partial charge in [-0.1, -0.05) is 30.4 Å². The molecule has 2 heterocycles. The van der Waals surface area contributed by atoms with Gasteiger partial charge >= 0.3 is 5.69 Å². The third-order valence-corrected chi connectivity index (χ3v) is 4.65. The number of hydrogen-bond acceptors (Lipinski definition) is 5. The molecule has 3 rings (SSSR count). The number of rotatable bonds is 7. The number of hydrogen-bond donors (Lipinski definition) is 1. The summed E-state index contributed by atoms with van der Waals surface area (Å²) in [6.07, 6.45) is -1.89. The number of halogens is 2. The zero-order valence-corrected chi connectivity index (χ0v) is 14.8. The number of fused-ring (bicyclic) bond motifs is 1. The molecule has 0 unspecified atom stereocenters. The van der Waals surface area contributed by atoms with Crippen molar-refractivity contribution in [2.75, 3.05) is 5.32 Å². The molecule has 0 bridgehead atoms. The standard InChI is InChI=1S/C16H17F2N5O2S/c1-2-8-22-10-5-3-4-6-11(10)23(16(22)25)9-7-12(24)19-15-21-20-14(26-15)13(17)18/h3-6,13H,2,7-9H2,1H3,(H,19,21,24). The molecule has 1 amide bonds. The Morgan fingerprint density at radius 1 is 1.19 bits per heavy atom. The highest BCUT2D eigenvalue weighted by molar-refractivity contribution is 7.15. The maximum atomic E-state index is 12.6. The zero-order chi connectivity index (χ0) is 18.7. The molecule has 26 heavy (non-hydrogen) atoms. The number of carbonyl (C=O) groups excluding carboxylic acids is 1. The molecule has 0 spiro atoms. The monoisotopic (exact) mass is 381 g/mol. The predicted molar refractivity (Wildman–Crippen MR) is 94.6 cm³/mol. The van der Waals surface area contributed by atoms with Crippen molar-refractivity contribution in [3.05, 3.63) is 39.8 Å². The summed E-state index contributed by atoms with van der Waals surface area (Å²) in [4.78, 5) is 24.7. The van der Waals surface area contributed by atoms with Crippen molar-refractivity contribution in [3.8, 4) is 0 Å². The fourth-order valence-electron chi connectivity index (χ4n) is 2.70. The Morgan fingerprint density at radius 2 is 1.85 bits per heavy atom. The second kappa shape index (κ2) is 7.73. The van der Waals surface area contributed by atoms with Gasteiger partial charge in [0.1, 0.15) is 0 Å². The van der Waals surface area contributed by atoms with E-state index in [1.807, 2.05) is 31.2 Å². The van der Waals surface area contributed by atoms with Gasteiger partial charge in [-0.25, -0.2) is 13.6 Å². The molecule has 0 aliphatic heterocycles. The van der Waals surface area contributed by atoms with Crippen LogP contribution in [0.3, 0.4) is 0 Å². The third kappa shape index (κ3) is 3.64. The number of aromatic nitrogens is 4. The maximum absolute atomic E-state index is 12.6. The van der Waals surface area contributed by atoms with Gasteiger partial charge < -0.3 is 5.32 Å². The molecule has 138 valence electrons. The van der Waals surface area contributed by atoms with Crippen LogP contribution in [0, 0.1) is 0 Å². The molecule has 0 radical (unpaired) electrons. The van der Waals surface area contributed by atoms with Crippen LogP contribution in [-0.4, -0.2) is 25.2 Å². The van der Waals surface area contributed by atoms with Crippen LogP contribution >= 0.6 is 11.3 Å². The van der Waals surface area contributed by atoms with E-state index >= 15 is 0 Å². The van der Waals surface area contributed by atoms with Crippen molar-refractivity contribution in [3.63, 3.8) is 0 Å². The summed E-state index contributed by atoms with van der Waals surface area (Å²) >= 11 is 0.631. The Morgan fingerprint density at radius 3 is 2.42 bits per heavy atom. The molecular formula is C16H17F2N5O2S. The van der Waals surface area contributed by atoms with E-state index in [2.05, 4.69) is 15.5 Å². The summed E-state index contributed by atoms with van der Waals surface area (Å²) in [5.74, 6) is -0.416. The molecule has 2 aromatic heterocycles. The average molecular weight is 381 g/mol. The molecule has 3 aromatic rings. The summed E-state index contributed by atoms with van der Waals surface area (Å²) < 4.78 is 28.2. The van der Waals surface area contributed by atoms with Crippen LogP contribution in [0.2, 0.25) is 0 Å². The molecule has 0 atom stereocenters. The molecular weight excluding hydrogens is 364 g/mol. The molecule has 0 saturated carbocycles. The minimum atomic E-state index is -2.72. The number of para-hydroxylation sites is 2. The van der Waals surface area contributed by atoms with Gasteiger partial charge in [-0.15, -0.1) is 10.2 Å². The predicted octanol–water partition coefficient (Wildman–Crippen LogP) is 3.03. The second-order valence-electron chi connectivity index (χ2n) is 5.62. The van der Waals surface area contributed by atoms with Crippen LogP contribution in [0.15, 0.2) is 29.1 Å². The van der Waals surface area contributed by atoms with Gasteiger partial charge in [0, 0.05) is 19.5 Å². The summed E-state index contributed by atoms with van der Waals surface area (Å²) in [5, 5.41) is 8.84. The lowest BCUT2D eigenvalue weighted by molar-refractivity contribution is -0.116. The number of aryl methyl sites for hydroxylation is 2. The van der Waals surface area contributed by atoms with Gasteiger partial charge in [-0.2, -0.15) is 0 Å². The van der Waals surface area contributed by atoms with E-state index in [1.54, 1.807) is 9.13 Å². The molecule has 0 fully saturated rings. The fourth-order valence-corrected chi connectivity index (χ4v) is 3.31. The molecule has 7 nitrogen and oxygen atoms in total. The fraction of sp³-hybridized carbons (Fsp3) is 0.375. The molecule has 1 aromatic carbocycles. The van der Waals surface area contributed by atoms with E-state index in [1.165, 1.54) is 0 Å². The van der Waals surface area contributed by atoms with Crippen LogP contribution < -0.4 is 11.0 Å². The van der Waals surface area contributed by atoms with Gasteiger partial charge in [0.15, 0.2) is 5.01 Å². The first-order valence-electron chi connectivity index (χ1n) is 8.10. The highest BCUT2D eigenvalue weighted by Gasteiger charge is 2.16. The van der Waals surface area contributed by atoms with Gasteiger partial charge in [-0.05, 0) is 18.6 Å². The summed E-state index contributed by atoms with van der Waals surface area (Å²) in [5.41, 5.74) is 1.41. The van der Waals surface area contributed by atoms with E-state index in [0.717, 1.165) is 17.5 Å². The highest BCUT2D eigenvalue weighted by Crippen LogP contribution is 2.25. The lowest BCUT2D eigenvalue weighted by atomic mass is 10.3. The largest absolute Gasteiger partial charge is 0.329 e. The second-order valence-corrected chi connectivity index (χ2v) is 6.63. The normalized spacial score (nSPS) is 11.4.